The molecule has 0 saturated heterocycles. The topological polar surface area (TPSA) is 54.0 Å². The van der Waals surface area contributed by atoms with Crippen molar-refractivity contribution in [3.05, 3.63) is 54.1 Å². The van der Waals surface area contributed by atoms with Gasteiger partial charge in [0.05, 0.1) is 26.4 Å². The molecule has 1 rings (SSSR count). The Balaban J connectivity index is 2.87. The normalized spacial score (nSPS) is 15.0. The van der Waals surface area contributed by atoms with E-state index in [2.05, 4.69) is 6.58 Å². The van der Waals surface area contributed by atoms with Gasteiger partial charge in [-0.2, -0.15) is 0 Å². The summed E-state index contributed by atoms with van der Waals surface area (Å²) in [4.78, 5) is 11.9. The Morgan fingerprint density at radius 3 is 2.38 bits per heavy atom. The molecule has 0 heterocycles. The van der Waals surface area contributed by atoms with Crippen LogP contribution in [0.4, 0.5) is 0 Å². The summed E-state index contributed by atoms with van der Waals surface area (Å²) in [6.07, 6.45) is 2.98. The van der Waals surface area contributed by atoms with Crippen LogP contribution in [0.15, 0.2) is 48.6 Å². The van der Waals surface area contributed by atoms with Gasteiger partial charge in [0, 0.05) is 18.6 Å². The van der Waals surface area contributed by atoms with Gasteiger partial charge in [-0.15, -0.1) is 6.58 Å². The molecule has 0 aliphatic heterocycles. The zero-order valence-corrected chi connectivity index (χ0v) is 16.4. The first kappa shape index (κ1) is 21.9. The summed E-state index contributed by atoms with van der Waals surface area (Å²) < 4.78 is 21.8. The second-order valence-electron chi connectivity index (χ2n) is 5.99. The van der Waals surface area contributed by atoms with Crippen molar-refractivity contribution in [3.63, 3.8) is 0 Å². The molecule has 0 aliphatic carbocycles. The van der Waals surface area contributed by atoms with Gasteiger partial charge >= 0.3 is 5.97 Å². The highest BCUT2D eigenvalue weighted by Gasteiger charge is 2.25. The van der Waals surface area contributed by atoms with E-state index in [-0.39, 0.29) is 24.1 Å². The fraction of sp³-hybridized carbons (Fsp3) is 0.476. The van der Waals surface area contributed by atoms with E-state index in [4.69, 9.17) is 18.9 Å². The lowest BCUT2D eigenvalue weighted by Gasteiger charge is -2.28. The number of methoxy groups -OCH3 is 2. The summed E-state index contributed by atoms with van der Waals surface area (Å²) in [6.45, 7) is 10.1. The second-order valence-corrected chi connectivity index (χ2v) is 5.99. The van der Waals surface area contributed by atoms with E-state index in [9.17, 15) is 4.79 Å². The Labute approximate surface area is 156 Å². The zero-order valence-electron chi connectivity index (χ0n) is 16.4. The average molecular weight is 362 g/mol. The van der Waals surface area contributed by atoms with E-state index in [1.54, 1.807) is 34.1 Å². The quantitative estimate of drug-likeness (QED) is 0.339. The highest BCUT2D eigenvalue weighted by atomic mass is 16.5. The zero-order chi connectivity index (χ0) is 19.5. The largest absolute Gasteiger partial charge is 0.497 e. The van der Waals surface area contributed by atoms with Crippen molar-refractivity contribution in [3.8, 4) is 5.75 Å². The molecule has 0 bridgehead atoms. The molecule has 0 radical (unpaired) electrons. The molecule has 0 amide bonds. The minimum Gasteiger partial charge on any atom is -0.497 e. The van der Waals surface area contributed by atoms with E-state index >= 15 is 0 Å². The molecular formula is C21H30O5. The lowest BCUT2D eigenvalue weighted by Crippen LogP contribution is -2.34. The number of hydrogen-bond donors (Lipinski definition) is 0. The van der Waals surface area contributed by atoms with Crippen molar-refractivity contribution >= 4 is 5.97 Å². The van der Waals surface area contributed by atoms with E-state index in [0.29, 0.717) is 18.8 Å². The highest BCUT2D eigenvalue weighted by Crippen LogP contribution is 2.21. The molecule has 26 heavy (non-hydrogen) atoms. The van der Waals surface area contributed by atoms with Crippen molar-refractivity contribution in [2.45, 2.75) is 39.6 Å². The second kappa shape index (κ2) is 11.5. The Morgan fingerprint density at radius 2 is 1.88 bits per heavy atom. The highest BCUT2D eigenvalue weighted by molar-refractivity contribution is 5.87. The number of ether oxygens (including phenoxy) is 4. The van der Waals surface area contributed by atoms with Gasteiger partial charge in [0.15, 0.2) is 0 Å². The van der Waals surface area contributed by atoms with Crippen LogP contribution in [0.1, 0.15) is 26.3 Å². The van der Waals surface area contributed by atoms with Crippen molar-refractivity contribution < 1.29 is 23.7 Å². The van der Waals surface area contributed by atoms with Gasteiger partial charge in [0.1, 0.15) is 11.9 Å². The first-order valence-corrected chi connectivity index (χ1v) is 8.72. The number of carbonyl (C=O) groups excluding carboxylic acids is 1. The minimum atomic E-state index is -0.319. The summed E-state index contributed by atoms with van der Waals surface area (Å²) in [6, 6.07) is 7.69. The average Bonchev–Trinajstić information content (AvgIpc) is 2.65. The Morgan fingerprint density at radius 1 is 1.23 bits per heavy atom. The molecular weight excluding hydrogens is 332 g/mol. The van der Waals surface area contributed by atoms with Crippen molar-refractivity contribution in [1.82, 2.24) is 0 Å². The Bertz CT molecular complexity index is 591. The van der Waals surface area contributed by atoms with Gasteiger partial charge in [0.25, 0.3) is 0 Å². The maximum atomic E-state index is 11.9. The van der Waals surface area contributed by atoms with Crippen LogP contribution in [0, 0.1) is 5.92 Å². The minimum absolute atomic E-state index is 0.0689. The molecule has 1 aromatic rings. The summed E-state index contributed by atoms with van der Waals surface area (Å²) in [5.41, 5.74) is 1.57. The molecule has 5 heteroatoms. The first-order valence-electron chi connectivity index (χ1n) is 8.72. The Hall–Kier alpha value is -2.11. The predicted molar refractivity (Wildman–Crippen MR) is 102 cm³/mol. The van der Waals surface area contributed by atoms with E-state index in [0.717, 1.165) is 11.3 Å². The van der Waals surface area contributed by atoms with Gasteiger partial charge in [0.2, 0.25) is 0 Å². The van der Waals surface area contributed by atoms with Crippen LogP contribution in [0.5, 0.6) is 5.75 Å². The van der Waals surface area contributed by atoms with Gasteiger partial charge < -0.3 is 18.9 Å². The molecule has 5 nitrogen and oxygen atoms in total. The van der Waals surface area contributed by atoms with Crippen LogP contribution in [0.3, 0.4) is 0 Å². The standard InChI is InChI=1S/C21H30O5/c1-7-19(24-6)20(15(3)13-16(4)21(22)25-8-2)26-14-17-9-11-18(23-5)12-10-17/h7,9-13,15,19-20H,1,8,14H2,2-6H3/b16-13+/t15-,19+,20+/m1/s1. The number of rotatable bonds is 11. The molecule has 144 valence electrons. The third-order valence-electron chi connectivity index (χ3n) is 4.06. The fourth-order valence-electron chi connectivity index (χ4n) is 2.63. The van der Waals surface area contributed by atoms with Crippen molar-refractivity contribution in [1.29, 1.82) is 0 Å². The molecule has 3 atom stereocenters. The fourth-order valence-corrected chi connectivity index (χ4v) is 2.63. The lowest BCUT2D eigenvalue weighted by molar-refractivity contribution is -0.138. The molecule has 0 spiro atoms. The van der Waals surface area contributed by atoms with Gasteiger partial charge in [-0.1, -0.05) is 31.2 Å². The molecule has 0 aromatic heterocycles. The van der Waals surface area contributed by atoms with Crippen molar-refractivity contribution in [2.24, 2.45) is 5.92 Å². The molecule has 1 aromatic carbocycles. The molecule has 0 aliphatic rings. The summed E-state index contributed by atoms with van der Waals surface area (Å²) in [5, 5.41) is 0. The maximum Gasteiger partial charge on any atom is 0.333 e. The van der Waals surface area contributed by atoms with Gasteiger partial charge in [-0.3, -0.25) is 0 Å². The summed E-state index contributed by atoms with van der Waals surface area (Å²) in [5.74, 6) is 0.411. The van der Waals surface area contributed by atoms with Crippen LogP contribution < -0.4 is 4.74 Å². The smallest absolute Gasteiger partial charge is 0.333 e. The summed E-state index contributed by atoms with van der Waals surface area (Å²) in [7, 11) is 3.25. The van der Waals surface area contributed by atoms with Gasteiger partial charge in [-0.25, -0.2) is 4.79 Å². The van der Waals surface area contributed by atoms with Crippen LogP contribution in [0.25, 0.3) is 0 Å². The van der Waals surface area contributed by atoms with Crippen molar-refractivity contribution in [2.75, 3.05) is 20.8 Å². The van der Waals surface area contributed by atoms with Crippen LogP contribution in [-0.4, -0.2) is 39.0 Å². The van der Waals surface area contributed by atoms with E-state index in [1.165, 1.54) is 0 Å². The monoisotopic (exact) mass is 362 g/mol. The number of benzene rings is 1. The number of hydrogen-bond acceptors (Lipinski definition) is 5. The van der Waals surface area contributed by atoms with Crippen LogP contribution >= 0.6 is 0 Å². The Kier molecular flexibility index (Phi) is 9.70. The van der Waals surface area contributed by atoms with Gasteiger partial charge in [-0.05, 0) is 31.5 Å². The maximum absolute atomic E-state index is 11.9. The third-order valence-corrected chi connectivity index (χ3v) is 4.06. The number of carbonyl (C=O) groups is 1. The first-order chi connectivity index (χ1) is 12.5. The predicted octanol–water partition coefficient (Wildman–Crippen LogP) is 3.93. The SMILES string of the molecule is C=C[C@H](OC)[C@@H](OCc1ccc(OC)cc1)[C@H](C)/C=C(\C)C(=O)OCC. The lowest BCUT2D eigenvalue weighted by atomic mass is 9.96. The molecule has 0 N–H and O–H groups in total. The van der Waals surface area contributed by atoms with Crippen LogP contribution in [0.2, 0.25) is 0 Å². The number of esters is 1. The third kappa shape index (κ3) is 6.65. The summed E-state index contributed by atoms with van der Waals surface area (Å²) >= 11 is 0. The molecule has 0 fully saturated rings. The van der Waals surface area contributed by atoms with E-state index < -0.39 is 0 Å². The molecule has 0 unspecified atom stereocenters. The van der Waals surface area contributed by atoms with Crippen LogP contribution in [-0.2, 0) is 25.6 Å². The van der Waals surface area contributed by atoms with E-state index in [1.807, 2.05) is 37.3 Å². The molecule has 0 saturated carbocycles.